The van der Waals surface area contributed by atoms with Crippen LogP contribution in [-0.2, 0) is 0 Å². The van der Waals surface area contributed by atoms with Gasteiger partial charge in [-0.1, -0.05) is 0 Å². The van der Waals surface area contributed by atoms with Crippen molar-refractivity contribution in [2.75, 3.05) is 24.5 Å². The third-order valence-corrected chi connectivity index (χ3v) is 3.14. The maximum absolute atomic E-state index is 10.9. The van der Waals surface area contributed by atoms with Gasteiger partial charge in [-0.2, -0.15) is 0 Å². The van der Waals surface area contributed by atoms with E-state index >= 15 is 0 Å². The maximum Gasteiger partial charge on any atom is 0.248 e. The summed E-state index contributed by atoms with van der Waals surface area (Å²) in [6.45, 7) is 2.79. The van der Waals surface area contributed by atoms with Gasteiger partial charge in [0.15, 0.2) is 0 Å². The molecule has 4 N–H and O–H groups in total. The first-order chi connectivity index (χ1) is 7.70. The van der Waals surface area contributed by atoms with E-state index in [1.54, 1.807) is 12.1 Å². The number of rotatable bonds is 3. The zero-order valence-corrected chi connectivity index (χ0v) is 9.23. The van der Waals surface area contributed by atoms with E-state index in [1.165, 1.54) is 0 Å². The van der Waals surface area contributed by atoms with E-state index in [9.17, 15) is 4.79 Å². The molecule has 1 amide bonds. The highest BCUT2D eigenvalue weighted by atomic mass is 16.1. The SMILES string of the molecule is NCC1CCN(c2ccc(C(N)=O)cc2)C1. The predicted molar refractivity (Wildman–Crippen MR) is 64.3 cm³/mol. The molecule has 1 aliphatic rings. The highest BCUT2D eigenvalue weighted by Gasteiger charge is 2.21. The first-order valence-corrected chi connectivity index (χ1v) is 5.55. The molecule has 0 bridgehead atoms. The summed E-state index contributed by atoms with van der Waals surface area (Å²) in [4.78, 5) is 13.2. The van der Waals surface area contributed by atoms with Crippen molar-refractivity contribution in [1.29, 1.82) is 0 Å². The average Bonchev–Trinajstić information content (AvgIpc) is 2.77. The van der Waals surface area contributed by atoms with Gasteiger partial charge in [0.05, 0.1) is 0 Å². The number of amides is 1. The van der Waals surface area contributed by atoms with Gasteiger partial charge in [0, 0.05) is 24.3 Å². The van der Waals surface area contributed by atoms with Crippen molar-refractivity contribution >= 4 is 11.6 Å². The van der Waals surface area contributed by atoms with Crippen LogP contribution in [0.5, 0.6) is 0 Å². The Kier molecular flexibility index (Phi) is 3.10. The van der Waals surface area contributed by atoms with Gasteiger partial charge in [-0.3, -0.25) is 4.79 Å². The van der Waals surface area contributed by atoms with E-state index < -0.39 is 0 Å². The number of primary amides is 1. The molecule has 1 heterocycles. The standard InChI is InChI=1S/C12H17N3O/c13-7-9-5-6-15(8-9)11-3-1-10(2-4-11)12(14)16/h1-4,9H,5-8,13H2,(H2,14,16). The van der Waals surface area contributed by atoms with Crippen molar-refractivity contribution in [1.82, 2.24) is 0 Å². The lowest BCUT2D eigenvalue weighted by Gasteiger charge is -2.18. The molecule has 1 saturated heterocycles. The Morgan fingerprint density at radius 3 is 2.56 bits per heavy atom. The van der Waals surface area contributed by atoms with Crippen LogP contribution in [0.2, 0.25) is 0 Å². The fourth-order valence-electron chi connectivity index (χ4n) is 2.10. The van der Waals surface area contributed by atoms with Crippen LogP contribution in [0.25, 0.3) is 0 Å². The summed E-state index contributed by atoms with van der Waals surface area (Å²) < 4.78 is 0. The summed E-state index contributed by atoms with van der Waals surface area (Å²) in [5.41, 5.74) is 12.5. The largest absolute Gasteiger partial charge is 0.371 e. The van der Waals surface area contributed by atoms with E-state index in [-0.39, 0.29) is 5.91 Å². The predicted octanol–water partition coefficient (Wildman–Crippen LogP) is 0.570. The van der Waals surface area contributed by atoms with Gasteiger partial charge in [-0.25, -0.2) is 0 Å². The first-order valence-electron chi connectivity index (χ1n) is 5.55. The molecule has 0 radical (unpaired) electrons. The number of carbonyl (C=O) groups excluding carboxylic acids is 1. The molecule has 4 heteroatoms. The smallest absolute Gasteiger partial charge is 0.248 e. The van der Waals surface area contributed by atoms with E-state index in [0.717, 1.165) is 31.7 Å². The highest BCUT2D eigenvalue weighted by Crippen LogP contribution is 2.23. The Hall–Kier alpha value is -1.55. The van der Waals surface area contributed by atoms with Crippen molar-refractivity contribution < 1.29 is 4.79 Å². The zero-order valence-electron chi connectivity index (χ0n) is 9.23. The lowest BCUT2D eigenvalue weighted by atomic mass is 10.1. The molecule has 0 aromatic heterocycles. The Bertz CT molecular complexity index is 374. The van der Waals surface area contributed by atoms with Crippen molar-refractivity contribution in [2.24, 2.45) is 17.4 Å². The Morgan fingerprint density at radius 1 is 1.38 bits per heavy atom. The van der Waals surface area contributed by atoms with Crippen molar-refractivity contribution in [3.63, 3.8) is 0 Å². The normalized spacial score (nSPS) is 20.1. The molecule has 0 saturated carbocycles. The summed E-state index contributed by atoms with van der Waals surface area (Å²) >= 11 is 0. The van der Waals surface area contributed by atoms with Crippen LogP contribution in [-0.4, -0.2) is 25.5 Å². The summed E-state index contributed by atoms with van der Waals surface area (Å²) in [5, 5.41) is 0. The first kappa shape index (κ1) is 11.0. The van der Waals surface area contributed by atoms with Gasteiger partial charge in [0.2, 0.25) is 5.91 Å². The molecule has 2 rings (SSSR count). The number of benzene rings is 1. The van der Waals surface area contributed by atoms with Gasteiger partial charge in [-0.15, -0.1) is 0 Å². The van der Waals surface area contributed by atoms with E-state index in [1.807, 2.05) is 12.1 Å². The van der Waals surface area contributed by atoms with Gasteiger partial charge in [-0.05, 0) is 43.1 Å². The molecular weight excluding hydrogens is 202 g/mol. The molecule has 0 aliphatic carbocycles. The van der Waals surface area contributed by atoms with Crippen molar-refractivity contribution in [3.05, 3.63) is 29.8 Å². The third-order valence-electron chi connectivity index (χ3n) is 3.14. The molecule has 1 aliphatic heterocycles. The minimum atomic E-state index is -0.382. The van der Waals surface area contributed by atoms with Crippen LogP contribution in [0, 0.1) is 5.92 Å². The molecular formula is C12H17N3O. The molecule has 0 spiro atoms. The summed E-state index contributed by atoms with van der Waals surface area (Å²) in [7, 11) is 0. The fraction of sp³-hybridized carbons (Fsp3) is 0.417. The van der Waals surface area contributed by atoms with Gasteiger partial charge < -0.3 is 16.4 Å². The zero-order chi connectivity index (χ0) is 11.5. The molecule has 1 fully saturated rings. The van der Waals surface area contributed by atoms with Gasteiger partial charge in [0.1, 0.15) is 0 Å². The van der Waals surface area contributed by atoms with Crippen LogP contribution in [0.3, 0.4) is 0 Å². The number of hydrogen-bond acceptors (Lipinski definition) is 3. The van der Waals surface area contributed by atoms with Crippen LogP contribution < -0.4 is 16.4 Å². The Morgan fingerprint density at radius 2 is 2.06 bits per heavy atom. The fourth-order valence-corrected chi connectivity index (χ4v) is 2.10. The van der Waals surface area contributed by atoms with E-state index in [0.29, 0.717) is 11.5 Å². The minimum Gasteiger partial charge on any atom is -0.371 e. The number of nitrogens with zero attached hydrogens (tertiary/aromatic N) is 1. The molecule has 16 heavy (non-hydrogen) atoms. The quantitative estimate of drug-likeness (QED) is 0.780. The molecule has 1 aromatic rings. The van der Waals surface area contributed by atoms with Gasteiger partial charge in [0.25, 0.3) is 0 Å². The monoisotopic (exact) mass is 219 g/mol. The second-order valence-corrected chi connectivity index (χ2v) is 4.25. The Labute approximate surface area is 95.2 Å². The molecule has 86 valence electrons. The number of nitrogens with two attached hydrogens (primary N) is 2. The van der Waals surface area contributed by atoms with Crippen LogP contribution in [0.1, 0.15) is 16.8 Å². The topological polar surface area (TPSA) is 72.3 Å². The van der Waals surface area contributed by atoms with Crippen molar-refractivity contribution in [3.8, 4) is 0 Å². The maximum atomic E-state index is 10.9. The van der Waals surface area contributed by atoms with Crippen LogP contribution in [0.15, 0.2) is 24.3 Å². The summed E-state index contributed by atoms with van der Waals surface area (Å²) in [6.07, 6.45) is 1.15. The van der Waals surface area contributed by atoms with Crippen LogP contribution in [0.4, 0.5) is 5.69 Å². The second kappa shape index (κ2) is 4.53. The van der Waals surface area contributed by atoms with E-state index in [4.69, 9.17) is 11.5 Å². The molecule has 1 unspecified atom stereocenters. The minimum absolute atomic E-state index is 0.382. The summed E-state index contributed by atoms with van der Waals surface area (Å²) in [6, 6.07) is 7.43. The lowest BCUT2D eigenvalue weighted by Crippen LogP contribution is -2.22. The molecule has 1 aromatic carbocycles. The summed E-state index contributed by atoms with van der Waals surface area (Å²) in [5.74, 6) is 0.212. The van der Waals surface area contributed by atoms with Gasteiger partial charge >= 0.3 is 0 Å². The third kappa shape index (κ3) is 2.17. The number of carbonyl (C=O) groups is 1. The van der Waals surface area contributed by atoms with Crippen LogP contribution >= 0.6 is 0 Å². The van der Waals surface area contributed by atoms with Crippen molar-refractivity contribution in [2.45, 2.75) is 6.42 Å². The second-order valence-electron chi connectivity index (χ2n) is 4.25. The van der Waals surface area contributed by atoms with E-state index in [2.05, 4.69) is 4.90 Å². The number of anilines is 1. The Balaban J connectivity index is 2.08. The molecule has 1 atom stereocenters. The number of hydrogen-bond donors (Lipinski definition) is 2. The lowest BCUT2D eigenvalue weighted by molar-refractivity contribution is 0.100. The molecule has 4 nitrogen and oxygen atoms in total. The highest BCUT2D eigenvalue weighted by molar-refractivity contribution is 5.93. The average molecular weight is 219 g/mol.